The number of carbonyl (C=O) groups is 1. The zero-order chi connectivity index (χ0) is 14.1. The molecule has 1 aromatic rings. The fraction of sp³-hybridized carbons (Fsp3) is 0.571. The van der Waals surface area contributed by atoms with Crippen molar-refractivity contribution in [3.8, 4) is 0 Å². The van der Waals surface area contributed by atoms with E-state index in [9.17, 15) is 4.79 Å². The van der Waals surface area contributed by atoms with Crippen LogP contribution in [-0.2, 0) is 16.1 Å². The van der Waals surface area contributed by atoms with Crippen LogP contribution in [0.15, 0.2) is 24.4 Å². The lowest BCUT2D eigenvalue weighted by Crippen LogP contribution is -2.35. The van der Waals surface area contributed by atoms with E-state index >= 15 is 0 Å². The third-order valence-electron chi connectivity index (χ3n) is 2.92. The molecule has 0 aliphatic rings. The highest BCUT2D eigenvalue weighted by atomic mass is 16.5. The second-order valence-corrected chi connectivity index (χ2v) is 4.67. The van der Waals surface area contributed by atoms with Crippen molar-refractivity contribution >= 4 is 5.91 Å². The van der Waals surface area contributed by atoms with Crippen LogP contribution in [0, 0.1) is 5.92 Å². The second-order valence-electron chi connectivity index (χ2n) is 4.67. The van der Waals surface area contributed by atoms with Crippen LogP contribution in [0.25, 0.3) is 0 Å². The summed E-state index contributed by atoms with van der Waals surface area (Å²) in [5.74, 6) is 0.293. The molecule has 1 atom stereocenters. The lowest BCUT2D eigenvalue weighted by atomic mass is 10.1. The molecular formula is C14H23N3O2. The van der Waals surface area contributed by atoms with Gasteiger partial charge in [-0.05, 0) is 24.6 Å². The first-order valence-corrected chi connectivity index (χ1v) is 6.54. The van der Waals surface area contributed by atoms with Crippen molar-refractivity contribution in [2.24, 2.45) is 11.7 Å². The first kappa shape index (κ1) is 15.6. The van der Waals surface area contributed by atoms with Crippen molar-refractivity contribution in [1.82, 2.24) is 9.88 Å². The summed E-state index contributed by atoms with van der Waals surface area (Å²) in [4.78, 5) is 18.2. The van der Waals surface area contributed by atoms with E-state index in [1.807, 2.05) is 25.1 Å². The summed E-state index contributed by atoms with van der Waals surface area (Å²) in [6.07, 6.45) is 2.20. The second kappa shape index (κ2) is 8.61. The Morgan fingerprint density at radius 1 is 1.53 bits per heavy atom. The molecule has 0 spiro atoms. The number of aromatic nitrogens is 1. The van der Waals surface area contributed by atoms with E-state index in [4.69, 9.17) is 10.5 Å². The summed E-state index contributed by atoms with van der Waals surface area (Å²) in [5, 5.41) is 0. The van der Waals surface area contributed by atoms with Gasteiger partial charge in [0.05, 0.1) is 18.8 Å². The van der Waals surface area contributed by atoms with Crippen molar-refractivity contribution in [2.75, 3.05) is 26.8 Å². The third-order valence-corrected chi connectivity index (χ3v) is 2.92. The van der Waals surface area contributed by atoms with E-state index in [0.717, 1.165) is 5.69 Å². The maximum atomic E-state index is 12.2. The largest absolute Gasteiger partial charge is 0.383 e. The molecule has 0 aliphatic heterocycles. The number of nitrogens with zero attached hydrogens (tertiary/aromatic N) is 2. The van der Waals surface area contributed by atoms with Gasteiger partial charge in [0.15, 0.2) is 0 Å². The van der Waals surface area contributed by atoms with Crippen LogP contribution in [-0.4, -0.2) is 42.6 Å². The minimum absolute atomic E-state index is 0.0978. The molecule has 0 saturated carbocycles. The van der Waals surface area contributed by atoms with Gasteiger partial charge in [0.25, 0.3) is 0 Å². The van der Waals surface area contributed by atoms with E-state index < -0.39 is 0 Å². The Bertz CT molecular complexity index is 370. The topological polar surface area (TPSA) is 68.5 Å². The molecule has 106 valence electrons. The van der Waals surface area contributed by atoms with Crippen LogP contribution >= 0.6 is 0 Å². The highest BCUT2D eigenvalue weighted by Gasteiger charge is 2.16. The van der Waals surface area contributed by atoms with E-state index in [0.29, 0.717) is 32.7 Å². The number of hydrogen-bond acceptors (Lipinski definition) is 4. The molecule has 5 nitrogen and oxygen atoms in total. The number of nitrogens with two attached hydrogens (primary N) is 1. The van der Waals surface area contributed by atoms with Crippen LogP contribution in [0.1, 0.15) is 19.0 Å². The molecule has 0 radical (unpaired) electrons. The van der Waals surface area contributed by atoms with Crippen molar-refractivity contribution in [3.63, 3.8) is 0 Å². The molecule has 1 amide bonds. The SMILES string of the molecule is COCCN(Cc1ccccn1)C(=O)CC(C)CN. The van der Waals surface area contributed by atoms with Gasteiger partial charge in [0, 0.05) is 26.3 Å². The Morgan fingerprint density at radius 3 is 2.89 bits per heavy atom. The van der Waals surface area contributed by atoms with Crippen LogP contribution in [0.4, 0.5) is 0 Å². The monoisotopic (exact) mass is 265 g/mol. The molecule has 19 heavy (non-hydrogen) atoms. The standard InChI is InChI=1S/C14H23N3O2/c1-12(10-15)9-14(18)17(7-8-19-2)11-13-5-3-4-6-16-13/h3-6,12H,7-11,15H2,1-2H3. The van der Waals surface area contributed by atoms with Crippen molar-refractivity contribution in [2.45, 2.75) is 19.9 Å². The van der Waals surface area contributed by atoms with Gasteiger partial charge in [0.2, 0.25) is 5.91 Å². The smallest absolute Gasteiger partial charge is 0.223 e. The van der Waals surface area contributed by atoms with E-state index in [1.54, 1.807) is 18.2 Å². The van der Waals surface area contributed by atoms with Gasteiger partial charge in [-0.2, -0.15) is 0 Å². The van der Waals surface area contributed by atoms with Gasteiger partial charge in [-0.15, -0.1) is 0 Å². The maximum Gasteiger partial charge on any atom is 0.223 e. The molecule has 1 aromatic heterocycles. The van der Waals surface area contributed by atoms with Gasteiger partial charge in [-0.1, -0.05) is 13.0 Å². The molecule has 0 bridgehead atoms. The number of pyridine rings is 1. The fourth-order valence-electron chi connectivity index (χ4n) is 1.69. The van der Waals surface area contributed by atoms with Crippen LogP contribution < -0.4 is 5.73 Å². The first-order valence-electron chi connectivity index (χ1n) is 6.54. The quantitative estimate of drug-likeness (QED) is 0.762. The Labute approximate surface area is 114 Å². The molecule has 5 heteroatoms. The normalized spacial score (nSPS) is 12.2. The summed E-state index contributed by atoms with van der Waals surface area (Å²) < 4.78 is 5.05. The molecule has 0 aliphatic carbocycles. The fourth-order valence-corrected chi connectivity index (χ4v) is 1.69. The highest BCUT2D eigenvalue weighted by Crippen LogP contribution is 2.08. The first-order chi connectivity index (χ1) is 9.17. The van der Waals surface area contributed by atoms with Gasteiger partial charge in [-0.3, -0.25) is 9.78 Å². The Morgan fingerprint density at radius 2 is 2.32 bits per heavy atom. The summed E-state index contributed by atoms with van der Waals surface area (Å²) in [7, 11) is 1.63. The average Bonchev–Trinajstić information content (AvgIpc) is 2.44. The molecule has 2 N–H and O–H groups in total. The average molecular weight is 265 g/mol. The highest BCUT2D eigenvalue weighted by molar-refractivity contribution is 5.76. The predicted molar refractivity (Wildman–Crippen MR) is 74.4 cm³/mol. The van der Waals surface area contributed by atoms with Crippen molar-refractivity contribution < 1.29 is 9.53 Å². The zero-order valence-corrected chi connectivity index (χ0v) is 11.7. The van der Waals surface area contributed by atoms with E-state index in [2.05, 4.69) is 4.98 Å². The number of carbonyl (C=O) groups excluding carboxylic acids is 1. The number of ether oxygens (including phenoxy) is 1. The molecule has 1 heterocycles. The van der Waals surface area contributed by atoms with Gasteiger partial charge >= 0.3 is 0 Å². The van der Waals surface area contributed by atoms with Gasteiger partial charge in [0.1, 0.15) is 0 Å². The minimum atomic E-state index is 0.0978. The third kappa shape index (κ3) is 5.81. The Kier molecular flexibility index (Phi) is 7.07. The summed E-state index contributed by atoms with van der Waals surface area (Å²) in [6.45, 7) is 4.11. The Hall–Kier alpha value is -1.46. The number of amides is 1. The van der Waals surface area contributed by atoms with Gasteiger partial charge in [-0.25, -0.2) is 0 Å². The summed E-state index contributed by atoms with van der Waals surface area (Å²) >= 11 is 0. The molecule has 1 unspecified atom stereocenters. The Balaban J connectivity index is 2.63. The lowest BCUT2D eigenvalue weighted by molar-refractivity contribution is -0.133. The number of rotatable bonds is 8. The van der Waals surface area contributed by atoms with Crippen LogP contribution in [0.5, 0.6) is 0 Å². The maximum absolute atomic E-state index is 12.2. The van der Waals surface area contributed by atoms with E-state index in [-0.39, 0.29) is 11.8 Å². The van der Waals surface area contributed by atoms with E-state index in [1.165, 1.54) is 0 Å². The van der Waals surface area contributed by atoms with Crippen LogP contribution in [0.3, 0.4) is 0 Å². The van der Waals surface area contributed by atoms with Crippen molar-refractivity contribution in [3.05, 3.63) is 30.1 Å². The molecule has 1 rings (SSSR count). The van der Waals surface area contributed by atoms with Crippen LogP contribution in [0.2, 0.25) is 0 Å². The number of hydrogen-bond donors (Lipinski definition) is 1. The minimum Gasteiger partial charge on any atom is -0.383 e. The summed E-state index contributed by atoms with van der Waals surface area (Å²) in [6, 6.07) is 5.70. The number of methoxy groups -OCH3 is 1. The van der Waals surface area contributed by atoms with Crippen molar-refractivity contribution in [1.29, 1.82) is 0 Å². The summed E-state index contributed by atoms with van der Waals surface area (Å²) in [5.41, 5.74) is 6.45. The van der Waals surface area contributed by atoms with Gasteiger partial charge < -0.3 is 15.4 Å². The predicted octanol–water partition coefficient (Wildman–Crippen LogP) is 1.04. The lowest BCUT2D eigenvalue weighted by Gasteiger charge is -2.23. The molecule has 0 saturated heterocycles. The molecular weight excluding hydrogens is 242 g/mol. The molecule has 0 fully saturated rings. The zero-order valence-electron chi connectivity index (χ0n) is 11.7. The molecule has 0 aromatic carbocycles.